The van der Waals surface area contributed by atoms with E-state index >= 15 is 0 Å². The molecule has 1 aromatic heterocycles. The molecule has 0 aliphatic rings. The lowest BCUT2D eigenvalue weighted by atomic mass is 10.2. The number of benzene rings is 1. The molecule has 0 radical (unpaired) electrons. The van der Waals surface area contributed by atoms with Gasteiger partial charge >= 0.3 is 12.2 Å². The fraction of sp³-hybridized carbons (Fsp3) is 0.467. The first-order chi connectivity index (χ1) is 11.2. The monoisotopic (exact) mass is 344 g/mol. The largest absolute Gasteiger partial charge is 0.416 e. The van der Waals surface area contributed by atoms with Crippen LogP contribution in [0.3, 0.4) is 0 Å². The molecule has 1 N–H and O–H groups in total. The average Bonchev–Trinajstić information content (AvgIpc) is 2.85. The summed E-state index contributed by atoms with van der Waals surface area (Å²) in [6, 6.07) is 3.09. The van der Waals surface area contributed by atoms with E-state index in [9.17, 15) is 18.0 Å². The summed E-state index contributed by atoms with van der Waals surface area (Å²) in [5.74, 6) is 0.470. The van der Waals surface area contributed by atoms with Crippen LogP contribution in [0.5, 0.6) is 0 Å². The van der Waals surface area contributed by atoms with Crippen LogP contribution in [-0.4, -0.2) is 47.8 Å². The molecule has 0 fully saturated rings. The Bertz CT molecular complexity index is 727. The Hall–Kier alpha value is -2.29. The number of amides is 2. The highest BCUT2D eigenvalue weighted by atomic mass is 19.4. The third-order valence-corrected chi connectivity index (χ3v) is 3.68. The van der Waals surface area contributed by atoms with Gasteiger partial charge in [0.1, 0.15) is 5.82 Å². The summed E-state index contributed by atoms with van der Waals surface area (Å²) < 4.78 is 44.8. The quantitative estimate of drug-likeness (QED) is 0.906. The van der Waals surface area contributed by atoms with Crippen LogP contribution in [0.2, 0.25) is 0 Å². The highest BCUT2D eigenvalue weighted by molar-refractivity contribution is 5.77. The number of imidazole rings is 1. The molecule has 2 aromatic rings. The number of ether oxygens (including phenoxy) is 1. The van der Waals surface area contributed by atoms with Gasteiger partial charge in [0.25, 0.3) is 0 Å². The first kappa shape index (κ1) is 18.1. The van der Waals surface area contributed by atoms with Crippen LogP contribution < -0.4 is 5.32 Å². The number of nitrogens with zero attached hydrogens (tertiary/aromatic N) is 3. The summed E-state index contributed by atoms with van der Waals surface area (Å²) in [6.07, 6.45) is -4.41. The number of aryl methyl sites for hydroxylation is 1. The Morgan fingerprint density at radius 1 is 1.42 bits per heavy atom. The number of hydrogen-bond acceptors (Lipinski definition) is 3. The van der Waals surface area contributed by atoms with E-state index in [1.54, 1.807) is 25.8 Å². The minimum atomic E-state index is -4.41. The van der Waals surface area contributed by atoms with Crippen molar-refractivity contribution in [1.82, 2.24) is 19.8 Å². The predicted molar refractivity (Wildman–Crippen MR) is 82.5 cm³/mol. The number of likely N-dealkylation sites (N-methyl/N-ethyl adjacent to an activating group) is 1. The van der Waals surface area contributed by atoms with Crippen LogP contribution in [-0.2, 0) is 24.5 Å². The van der Waals surface area contributed by atoms with E-state index in [4.69, 9.17) is 4.74 Å². The van der Waals surface area contributed by atoms with Gasteiger partial charge < -0.3 is 19.5 Å². The van der Waals surface area contributed by atoms with Crippen LogP contribution >= 0.6 is 0 Å². The van der Waals surface area contributed by atoms with Crippen molar-refractivity contribution in [2.45, 2.75) is 12.7 Å². The van der Waals surface area contributed by atoms with Gasteiger partial charge in [0.15, 0.2) is 0 Å². The summed E-state index contributed by atoms with van der Waals surface area (Å²) >= 11 is 0. The molecular weight excluding hydrogens is 325 g/mol. The van der Waals surface area contributed by atoms with Gasteiger partial charge in [-0.3, -0.25) is 0 Å². The number of nitrogens with one attached hydrogen (secondary N) is 1. The van der Waals surface area contributed by atoms with E-state index in [2.05, 4.69) is 10.3 Å². The molecule has 0 spiro atoms. The highest BCUT2D eigenvalue weighted by Crippen LogP contribution is 2.31. The van der Waals surface area contributed by atoms with E-state index in [1.807, 2.05) is 0 Å². The van der Waals surface area contributed by atoms with E-state index in [-0.39, 0.29) is 18.1 Å². The molecule has 2 amide bonds. The molecule has 9 heteroatoms. The molecule has 0 saturated heterocycles. The Morgan fingerprint density at radius 3 is 2.75 bits per heavy atom. The minimum Gasteiger partial charge on any atom is -0.383 e. The number of carbonyl (C=O) groups is 1. The number of urea groups is 1. The Balaban J connectivity index is 2.12. The lowest BCUT2D eigenvalue weighted by Crippen LogP contribution is -2.39. The van der Waals surface area contributed by atoms with Gasteiger partial charge in [-0.1, -0.05) is 0 Å². The van der Waals surface area contributed by atoms with Gasteiger partial charge in [0.05, 0.1) is 29.7 Å². The zero-order valence-electron chi connectivity index (χ0n) is 13.6. The zero-order valence-corrected chi connectivity index (χ0v) is 13.6. The number of halogens is 3. The van der Waals surface area contributed by atoms with Crippen molar-refractivity contribution in [3.63, 3.8) is 0 Å². The van der Waals surface area contributed by atoms with Gasteiger partial charge in [-0.05, 0) is 18.2 Å². The van der Waals surface area contributed by atoms with Crippen LogP contribution in [0.1, 0.15) is 11.4 Å². The summed E-state index contributed by atoms with van der Waals surface area (Å²) in [5, 5.41) is 2.68. The van der Waals surface area contributed by atoms with Gasteiger partial charge in [0, 0.05) is 27.7 Å². The van der Waals surface area contributed by atoms with Gasteiger partial charge in [-0.15, -0.1) is 0 Å². The number of fused-ring (bicyclic) bond motifs is 1. The maximum absolute atomic E-state index is 12.8. The lowest BCUT2D eigenvalue weighted by Gasteiger charge is -2.17. The SMILES string of the molecule is COCCN(C)C(=O)NCc1nc2cc(C(F)(F)F)ccc2n1C. The maximum Gasteiger partial charge on any atom is 0.416 e. The van der Waals surface area contributed by atoms with Gasteiger partial charge in [0.2, 0.25) is 0 Å². The molecular formula is C15H19F3N4O2. The minimum absolute atomic E-state index is 0.114. The molecule has 6 nitrogen and oxygen atoms in total. The summed E-state index contributed by atoms with van der Waals surface area (Å²) in [4.78, 5) is 17.5. The fourth-order valence-electron chi connectivity index (χ4n) is 2.20. The van der Waals surface area contributed by atoms with Crippen molar-refractivity contribution in [2.75, 3.05) is 27.3 Å². The second-order valence-electron chi connectivity index (χ2n) is 5.36. The smallest absolute Gasteiger partial charge is 0.383 e. The van der Waals surface area contributed by atoms with Crippen molar-refractivity contribution in [1.29, 1.82) is 0 Å². The van der Waals surface area contributed by atoms with E-state index < -0.39 is 11.7 Å². The van der Waals surface area contributed by atoms with Gasteiger partial charge in [-0.2, -0.15) is 13.2 Å². The van der Waals surface area contributed by atoms with Crippen molar-refractivity contribution < 1.29 is 22.7 Å². The molecule has 0 aliphatic carbocycles. The molecule has 0 saturated carbocycles. The summed E-state index contributed by atoms with van der Waals surface area (Å²) in [5.41, 5.74) is 0.0623. The van der Waals surface area contributed by atoms with Crippen molar-refractivity contribution >= 4 is 17.1 Å². The van der Waals surface area contributed by atoms with Crippen LogP contribution in [0.25, 0.3) is 11.0 Å². The van der Waals surface area contributed by atoms with Gasteiger partial charge in [-0.25, -0.2) is 9.78 Å². The number of rotatable bonds is 5. The Morgan fingerprint density at radius 2 is 2.12 bits per heavy atom. The Labute approximate surface area is 137 Å². The second kappa shape index (κ2) is 7.08. The van der Waals surface area contributed by atoms with Crippen molar-refractivity contribution in [2.24, 2.45) is 7.05 Å². The molecule has 0 bridgehead atoms. The maximum atomic E-state index is 12.8. The molecule has 24 heavy (non-hydrogen) atoms. The third kappa shape index (κ3) is 3.97. The topological polar surface area (TPSA) is 59.4 Å². The van der Waals surface area contributed by atoms with Crippen molar-refractivity contribution in [3.8, 4) is 0 Å². The lowest BCUT2D eigenvalue weighted by molar-refractivity contribution is -0.137. The number of alkyl halides is 3. The van der Waals surface area contributed by atoms with E-state index in [0.717, 1.165) is 12.1 Å². The highest BCUT2D eigenvalue weighted by Gasteiger charge is 2.31. The Kier molecular flexibility index (Phi) is 5.33. The second-order valence-corrected chi connectivity index (χ2v) is 5.36. The molecule has 0 atom stereocenters. The summed E-state index contributed by atoms with van der Waals surface area (Å²) in [7, 11) is 4.86. The molecule has 0 unspecified atom stereocenters. The predicted octanol–water partition coefficient (Wildman–Crippen LogP) is 2.38. The summed E-state index contributed by atoms with van der Waals surface area (Å²) in [6.45, 7) is 0.957. The molecule has 2 rings (SSSR count). The number of carbonyl (C=O) groups excluding carboxylic acids is 1. The van der Waals surface area contributed by atoms with Crippen LogP contribution in [0.4, 0.5) is 18.0 Å². The first-order valence-electron chi connectivity index (χ1n) is 7.24. The standard InChI is InChI=1S/C15H19F3N4O2/c1-21(6-7-24-3)14(23)19-9-13-20-11-8-10(15(16,17)18)4-5-12(11)22(13)2/h4-5,8H,6-7,9H2,1-3H3,(H,19,23). The first-order valence-corrected chi connectivity index (χ1v) is 7.24. The van der Waals surface area contributed by atoms with Crippen LogP contribution in [0, 0.1) is 0 Å². The van der Waals surface area contributed by atoms with E-state index in [0.29, 0.717) is 24.5 Å². The number of hydrogen-bond donors (Lipinski definition) is 1. The van der Waals surface area contributed by atoms with Crippen LogP contribution in [0.15, 0.2) is 18.2 Å². The van der Waals surface area contributed by atoms with Crippen molar-refractivity contribution in [3.05, 3.63) is 29.6 Å². The molecule has 0 aliphatic heterocycles. The molecule has 1 heterocycles. The van der Waals surface area contributed by atoms with E-state index in [1.165, 1.54) is 11.0 Å². The molecule has 132 valence electrons. The third-order valence-electron chi connectivity index (χ3n) is 3.68. The number of aromatic nitrogens is 2. The molecule has 1 aromatic carbocycles. The average molecular weight is 344 g/mol. The normalized spacial score (nSPS) is 11.8. The fourth-order valence-corrected chi connectivity index (χ4v) is 2.20. The zero-order chi connectivity index (χ0) is 17.9. The number of methoxy groups -OCH3 is 1.